The first kappa shape index (κ1) is 21.5. The van der Waals surface area contributed by atoms with Gasteiger partial charge in [0, 0.05) is 56.3 Å². The molecule has 1 unspecified atom stereocenters. The number of carbonyl (C=O) groups excluding carboxylic acids is 1. The van der Waals surface area contributed by atoms with E-state index in [0.717, 1.165) is 32.5 Å². The van der Waals surface area contributed by atoms with Crippen molar-refractivity contribution in [3.8, 4) is 0 Å². The van der Waals surface area contributed by atoms with Gasteiger partial charge in [-0.1, -0.05) is 0 Å². The third-order valence-corrected chi connectivity index (χ3v) is 6.69. The van der Waals surface area contributed by atoms with Crippen LogP contribution < -0.4 is 15.5 Å². The van der Waals surface area contributed by atoms with Gasteiger partial charge in [0.2, 0.25) is 5.91 Å². The Morgan fingerprint density at radius 1 is 1.39 bits per heavy atom. The Hall–Kier alpha value is -2.68. The van der Waals surface area contributed by atoms with Crippen LogP contribution in [0.1, 0.15) is 30.2 Å². The maximum Gasteiger partial charge on any atom is 0.224 e. The van der Waals surface area contributed by atoms with E-state index in [0.29, 0.717) is 37.8 Å². The van der Waals surface area contributed by atoms with E-state index in [4.69, 9.17) is 0 Å². The number of halogens is 1. The quantitative estimate of drug-likeness (QED) is 0.529. The van der Waals surface area contributed by atoms with Gasteiger partial charge in [0.15, 0.2) is 17.6 Å². The predicted octanol–water partition coefficient (Wildman–Crippen LogP) is 2.39. The first-order valence-corrected chi connectivity index (χ1v) is 11.8. The second-order valence-electron chi connectivity index (χ2n) is 7.83. The Kier molecular flexibility index (Phi) is 7.01. The molecule has 7 nitrogen and oxygen atoms in total. The molecule has 1 fully saturated rings. The third-order valence-electron chi connectivity index (χ3n) is 5.67. The molecule has 166 valence electrons. The van der Waals surface area contributed by atoms with E-state index in [1.165, 1.54) is 16.5 Å². The zero-order valence-electron chi connectivity index (χ0n) is 17.8. The van der Waals surface area contributed by atoms with Crippen molar-refractivity contribution in [2.75, 3.05) is 37.6 Å². The minimum atomic E-state index is -0.297. The minimum absolute atomic E-state index is 0.147. The van der Waals surface area contributed by atoms with E-state index in [2.05, 4.69) is 32.1 Å². The Morgan fingerprint density at radius 2 is 2.29 bits per heavy atom. The van der Waals surface area contributed by atoms with E-state index in [-0.39, 0.29) is 17.8 Å². The molecule has 1 atom stereocenters. The van der Waals surface area contributed by atoms with Gasteiger partial charge >= 0.3 is 0 Å². The van der Waals surface area contributed by atoms with Crippen LogP contribution in [-0.4, -0.2) is 60.5 Å². The van der Waals surface area contributed by atoms with E-state index in [9.17, 15) is 9.18 Å². The van der Waals surface area contributed by atoms with Crippen molar-refractivity contribution < 1.29 is 9.18 Å². The molecule has 31 heavy (non-hydrogen) atoms. The van der Waals surface area contributed by atoms with E-state index >= 15 is 0 Å². The van der Waals surface area contributed by atoms with Gasteiger partial charge in [0.1, 0.15) is 0 Å². The smallest absolute Gasteiger partial charge is 0.224 e. The number of amides is 1. The van der Waals surface area contributed by atoms with Crippen molar-refractivity contribution in [1.82, 2.24) is 20.5 Å². The zero-order valence-corrected chi connectivity index (χ0v) is 18.6. The lowest BCUT2D eigenvalue weighted by Crippen LogP contribution is -2.45. The summed E-state index contributed by atoms with van der Waals surface area (Å²) in [6.07, 6.45) is 3.83. The molecule has 0 spiro atoms. The highest BCUT2D eigenvalue weighted by Crippen LogP contribution is 2.24. The van der Waals surface area contributed by atoms with Crippen molar-refractivity contribution in [3.05, 3.63) is 46.0 Å². The van der Waals surface area contributed by atoms with Crippen molar-refractivity contribution in [3.63, 3.8) is 0 Å². The molecule has 0 aromatic carbocycles. The van der Waals surface area contributed by atoms with Crippen LogP contribution in [0, 0.1) is 5.82 Å². The molecule has 0 aliphatic carbocycles. The predicted molar refractivity (Wildman–Crippen MR) is 122 cm³/mol. The van der Waals surface area contributed by atoms with Crippen LogP contribution in [0.4, 0.5) is 10.2 Å². The summed E-state index contributed by atoms with van der Waals surface area (Å²) in [5.41, 5.74) is 1.28. The number of pyridine rings is 1. The number of aromatic nitrogens is 1. The number of fused-ring (bicyclic) bond motifs is 1. The molecule has 2 N–H and O–H groups in total. The summed E-state index contributed by atoms with van der Waals surface area (Å²) in [4.78, 5) is 26.7. The van der Waals surface area contributed by atoms with Crippen molar-refractivity contribution in [2.45, 2.75) is 38.8 Å². The second kappa shape index (κ2) is 10.1. The first-order chi connectivity index (χ1) is 15.1. The molecule has 2 aliphatic rings. The average Bonchev–Trinajstić information content (AvgIpc) is 3.43. The highest BCUT2D eigenvalue weighted by atomic mass is 32.1. The number of rotatable bonds is 6. The van der Waals surface area contributed by atoms with Gasteiger partial charge in [-0.05, 0) is 48.9 Å². The molecule has 2 aromatic heterocycles. The number of thiophene rings is 1. The second-order valence-corrected chi connectivity index (χ2v) is 8.83. The van der Waals surface area contributed by atoms with Gasteiger partial charge in [-0.25, -0.2) is 9.37 Å². The van der Waals surface area contributed by atoms with Gasteiger partial charge in [-0.2, -0.15) is 0 Å². The molecule has 0 saturated carbocycles. The SMILES string of the molecule is CCNC(=NCCC(=O)N1CCc2sccc2C1)NC1CCN(c2ncccc2F)C1. The largest absolute Gasteiger partial charge is 0.357 e. The summed E-state index contributed by atoms with van der Waals surface area (Å²) in [7, 11) is 0. The maximum atomic E-state index is 14.0. The van der Waals surface area contributed by atoms with E-state index < -0.39 is 0 Å². The van der Waals surface area contributed by atoms with Gasteiger partial charge in [0.25, 0.3) is 0 Å². The Labute approximate surface area is 186 Å². The molecule has 0 bridgehead atoms. The molecular weight excluding hydrogens is 415 g/mol. The fourth-order valence-corrected chi connectivity index (χ4v) is 4.97. The van der Waals surface area contributed by atoms with E-state index in [1.54, 1.807) is 23.6 Å². The van der Waals surface area contributed by atoms with E-state index in [1.807, 2.05) is 16.7 Å². The standard InChI is InChI=1S/C22H29FN6OS/c1-2-24-22(27-17-6-11-29(15-17)21-18(23)4-3-9-25-21)26-10-5-20(30)28-12-7-19-16(14-28)8-13-31-19/h3-4,8-9,13,17H,2,5-7,10-12,14-15H2,1H3,(H2,24,26,27). The summed E-state index contributed by atoms with van der Waals surface area (Å²) in [5, 5.41) is 8.77. The Morgan fingerprint density at radius 3 is 3.13 bits per heavy atom. The Balaban J connectivity index is 1.28. The van der Waals surface area contributed by atoms with Crippen LogP contribution in [0.25, 0.3) is 0 Å². The summed E-state index contributed by atoms with van der Waals surface area (Å²) in [5.74, 6) is 0.945. The van der Waals surface area contributed by atoms with Gasteiger partial charge in [-0.15, -0.1) is 11.3 Å². The van der Waals surface area contributed by atoms with Crippen LogP contribution >= 0.6 is 11.3 Å². The maximum absolute atomic E-state index is 14.0. The number of nitrogens with one attached hydrogen (secondary N) is 2. The molecular formula is C22H29FN6OS. The number of aliphatic imine (C=N–C) groups is 1. The monoisotopic (exact) mass is 444 g/mol. The number of guanidine groups is 1. The molecule has 2 aromatic rings. The Bertz CT molecular complexity index is 932. The number of anilines is 1. The van der Waals surface area contributed by atoms with Crippen LogP contribution in [0.5, 0.6) is 0 Å². The van der Waals surface area contributed by atoms with Crippen molar-refractivity contribution in [1.29, 1.82) is 0 Å². The molecule has 1 saturated heterocycles. The lowest BCUT2D eigenvalue weighted by atomic mass is 10.1. The summed E-state index contributed by atoms with van der Waals surface area (Å²) in [6, 6.07) is 5.30. The number of carbonyl (C=O) groups is 1. The van der Waals surface area contributed by atoms with Crippen LogP contribution in [0.15, 0.2) is 34.8 Å². The third kappa shape index (κ3) is 5.33. The highest BCUT2D eigenvalue weighted by molar-refractivity contribution is 7.10. The number of hydrogen-bond donors (Lipinski definition) is 2. The highest BCUT2D eigenvalue weighted by Gasteiger charge is 2.26. The molecule has 4 rings (SSSR count). The topological polar surface area (TPSA) is 72.9 Å². The van der Waals surface area contributed by atoms with Crippen molar-refractivity contribution >= 4 is 29.0 Å². The summed E-state index contributed by atoms with van der Waals surface area (Å²) < 4.78 is 14.0. The summed E-state index contributed by atoms with van der Waals surface area (Å²) >= 11 is 1.78. The fraction of sp³-hybridized carbons (Fsp3) is 0.500. The van der Waals surface area contributed by atoms with Gasteiger partial charge in [-0.3, -0.25) is 9.79 Å². The van der Waals surface area contributed by atoms with Crippen LogP contribution in [-0.2, 0) is 17.8 Å². The lowest BCUT2D eigenvalue weighted by molar-refractivity contribution is -0.131. The lowest BCUT2D eigenvalue weighted by Gasteiger charge is -2.27. The zero-order chi connectivity index (χ0) is 21.6. The first-order valence-electron chi connectivity index (χ1n) is 10.9. The van der Waals surface area contributed by atoms with Crippen molar-refractivity contribution in [2.24, 2.45) is 4.99 Å². The molecule has 2 aliphatic heterocycles. The normalized spacial score (nSPS) is 18.8. The minimum Gasteiger partial charge on any atom is -0.357 e. The van der Waals surface area contributed by atoms with Crippen LogP contribution in [0.3, 0.4) is 0 Å². The average molecular weight is 445 g/mol. The number of hydrogen-bond acceptors (Lipinski definition) is 5. The summed E-state index contributed by atoms with van der Waals surface area (Å²) in [6.45, 7) is 6.08. The fourth-order valence-electron chi connectivity index (χ4n) is 4.08. The van der Waals surface area contributed by atoms with Crippen LogP contribution in [0.2, 0.25) is 0 Å². The van der Waals surface area contributed by atoms with Gasteiger partial charge < -0.3 is 20.4 Å². The van der Waals surface area contributed by atoms with Gasteiger partial charge in [0.05, 0.1) is 6.54 Å². The molecule has 4 heterocycles. The molecule has 0 radical (unpaired) electrons. The number of nitrogens with zero attached hydrogens (tertiary/aromatic N) is 4. The molecule has 9 heteroatoms. The molecule has 1 amide bonds.